The van der Waals surface area contributed by atoms with Crippen molar-refractivity contribution in [3.63, 3.8) is 0 Å². The first-order valence-corrected chi connectivity index (χ1v) is 13.3. The lowest BCUT2D eigenvalue weighted by Gasteiger charge is -2.24. The SMILES string of the molecule is Cc1cc(Oc2ccccc2)ccc1-c1nn(CC2CCCN2C(=O)/C(C#N)=C/C2CC2)c2ncnc(N)c12. The molecule has 0 spiro atoms. The number of fused-ring (bicyclic) bond motifs is 1. The number of rotatable bonds is 7. The number of nitrogens with zero attached hydrogens (tertiary/aromatic N) is 6. The minimum Gasteiger partial charge on any atom is -0.457 e. The summed E-state index contributed by atoms with van der Waals surface area (Å²) in [6.07, 6.45) is 7.07. The average Bonchev–Trinajstić information content (AvgIpc) is 3.52. The minimum atomic E-state index is -0.192. The van der Waals surface area contributed by atoms with Crippen LogP contribution >= 0.6 is 0 Å². The molecule has 196 valence electrons. The molecule has 1 aliphatic carbocycles. The molecular formula is C30H29N7O2. The van der Waals surface area contributed by atoms with Gasteiger partial charge >= 0.3 is 0 Å². The highest BCUT2D eigenvalue weighted by Gasteiger charge is 2.33. The van der Waals surface area contributed by atoms with Crippen molar-refractivity contribution >= 4 is 22.8 Å². The molecule has 2 fully saturated rings. The fourth-order valence-corrected chi connectivity index (χ4v) is 5.24. The number of carbonyl (C=O) groups excluding carboxylic acids is 1. The van der Waals surface area contributed by atoms with Gasteiger partial charge in [-0.1, -0.05) is 24.3 Å². The molecule has 0 bridgehead atoms. The molecule has 4 aromatic rings. The van der Waals surface area contributed by atoms with Gasteiger partial charge in [-0.3, -0.25) is 4.79 Å². The molecule has 1 saturated carbocycles. The number of aryl methyl sites for hydroxylation is 1. The van der Waals surface area contributed by atoms with Gasteiger partial charge in [0.2, 0.25) is 0 Å². The summed E-state index contributed by atoms with van der Waals surface area (Å²) in [6.45, 7) is 3.08. The largest absolute Gasteiger partial charge is 0.457 e. The molecule has 1 unspecified atom stereocenters. The smallest absolute Gasteiger partial charge is 0.264 e. The number of hydrogen-bond acceptors (Lipinski definition) is 7. The zero-order chi connectivity index (χ0) is 26.9. The third-order valence-corrected chi connectivity index (χ3v) is 7.39. The fraction of sp³-hybridized carbons (Fsp3) is 0.300. The number of carbonyl (C=O) groups is 1. The predicted octanol–water partition coefficient (Wildman–Crippen LogP) is 5.03. The summed E-state index contributed by atoms with van der Waals surface area (Å²) in [7, 11) is 0. The maximum Gasteiger partial charge on any atom is 0.264 e. The van der Waals surface area contributed by atoms with Crippen LogP contribution in [0.2, 0.25) is 0 Å². The van der Waals surface area contributed by atoms with Crippen LogP contribution in [0.3, 0.4) is 0 Å². The Balaban J connectivity index is 1.32. The summed E-state index contributed by atoms with van der Waals surface area (Å²) >= 11 is 0. The highest BCUT2D eigenvalue weighted by Crippen LogP contribution is 2.36. The van der Waals surface area contributed by atoms with Gasteiger partial charge in [-0.05, 0) is 74.4 Å². The fourth-order valence-electron chi connectivity index (χ4n) is 5.24. The summed E-state index contributed by atoms with van der Waals surface area (Å²) in [5, 5.41) is 15.2. The molecule has 1 aliphatic heterocycles. The van der Waals surface area contributed by atoms with Crippen LogP contribution in [0, 0.1) is 24.2 Å². The normalized spacial score (nSPS) is 17.4. The number of benzene rings is 2. The predicted molar refractivity (Wildman–Crippen MR) is 148 cm³/mol. The molecule has 2 N–H and O–H groups in total. The second kappa shape index (κ2) is 10.2. The summed E-state index contributed by atoms with van der Waals surface area (Å²) < 4.78 is 7.83. The molecule has 1 atom stereocenters. The zero-order valence-electron chi connectivity index (χ0n) is 21.7. The standard InChI is InChI=1S/C30H29N7O2/c1-19-14-24(39-23-7-3-2-4-8-23)11-12-25(19)27-26-28(32)33-18-34-29(26)37(35-27)17-22-6-5-13-36(22)30(38)21(16-31)15-20-9-10-20/h2-4,7-8,11-12,14-15,18,20,22H,5-6,9-10,13,17H2,1H3,(H2,32,33,34)/b21-15+. The van der Waals surface area contributed by atoms with Crippen LogP contribution in [0.25, 0.3) is 22.3 Å². The van der Waals surface area contributed by atoms with E-state index in [9.17, 15) is 10.1 Å². The lowest BCUT2D eigenvalue weighted by molar-refractivity contribution is -0.127. The number of aromatic nitrogens is 4. The first-order valence-electron chi connectivity index (χ1n) is 13.3. The maximum absolute atomic E-state index is 13.2. The van der Waals surface area contributed by atoms with Crippen LogP contribution in [0.15, 0.2) is 66.5 Å². The molecular weight excluding hydrogens is 490 g/mol. The molecule has 2 aliphatic rings. The van der Waals surface area contributed by atoms with Crippen LogP contribution in [-0.4, -0.2) is 43.1 Å². The van der Waals surface area contributed by atoms with E-state index >= 15 is 0 Å². The van der Waals surface area contributed by atoms with Crippen LogP contribution in [0.4, 0.5) is 5.82 Å². The number of likely N-dealkylation sites (tertiary alicyclic amines) is 1. The Bertz CT molecular complexity index is 1620. The Kier molecular flexibility index (Phi) is 6.45. The van der Waals surface area contributed by atoms with Crippen molar-refractivity contribution in [1.29, 1.82) is 5.26 Å². The van der Waals surface area contributed by atoms with E-state index in [1.807, 2.05) is 71.1 Å². The first-order chi connectivity index (χ1) is 19.0. The van der Waals surface area contributed by atoms with Gasteiger partial charge in [0.1, 0.15) is 41.0 Å². The summed E-state index contributed by atoms with van der Waals surface area (Å²) in [6, 6.07) is 17.5. The molecule has 3 heterocycles. The Morgan fingerprint density at radius 2 is 1.97 bits per heavy atom. The Morgan fingerprint density at radius 1 is 1.15 bits per heavy atom. The second-order valence-electron chi connectivity index (χ2n) is 10.2. The third kappa shape index (κ3) is 4.93. The molecule has 39 heavy (non-hydrogen) atoms. The van der Waals surface area contributed by atoms with Crippen molar-refractivity contribution in [3.8, 4) is 28.8 Å². The van der Waals surface area contributed by atoms with E-state index < -0.39 is 0 Å². The monoisotopic (exact) mass is 519 g/mol. The number of ether oxygens (including phenoxy) is 1. The number of nitriles is 1. The Labute approximate surface area is 226 Å². The van der Waals surface area contributed by atoms with Crippen LogP contribution < -0.4 is 10.5 Å². The number of anilines is 1. The number of nitrogens with two attached hydrogens (primary N) is 1. The zero-order valence-corrected chi connectivity index (χ0v) is 21.7. The summed E-state index contributed by atoms with van der Waals surface area (Å²) in [4.78, 5) is 23.8. The van der Waals surface area contributed by atoms with E-state index in [0.717, 1.165) is 48.3 Å². The molecule has 1 amide bonds. The summed E-state index contributed by atoms with van der Waals surface area (Å²) in [5.41, 5.74) is 9.78. The second-order valence-corrected chi connectivity index (χ2v) is 10.2. The topological polar surface area (TPSA) is 123 Å². The summed E-state index contributed by atoms with van der Waals surface area (Å²) in [5.74, 6) is 2.00. The minimum absolute atomic E-state index is 0.0941. The number of amides is 1. The van der Waals surface area contributed by atoms with Crippen molar-refractivity contribution in [3.05, 3.63) is 72.1 Å². The van der Waals surface area contributed by atoms with Gasteiger partial charge in [0.15, 0.2) is 5.65 Å². The molecule has 2 aromatic carbocycles. The lowest BCUT2D eigenvalue weighted by atomic mass is 10.0. The van der Waals surface area contributed by atoms with E-state index in [-0.39, 0.29) is 17.5 Å². The van der Waals surface area contributed by atoms with E-state index in [2.05, 4.69) is 16.0 Å². The van der Waals surface area contributed by atoms with E-state index in [1.54, 1.807) is 0 Å². The Hall–Kier alpha value is -4.71. The molecule has 0 radical (unpaired) electrons. The van der Waals surface area contributed by atoms with Gasteiger partial charge in [0.05, 0.1) is 18.0 Å². The van der Waals surface area contributed by atoms with Crippen LogP contribution in [0.1, 0.15) is 31.2 Å². The maximum atomic E-state index is 13.2. The van der Waals surface area contributed by atoms with E-state index in [0.29, 0.717) is 41.6 Å². The highest BCUT2D eigenvalue weighted by atomic mass is 16.5. The van der Waals surface area contributed by atoms with Gasteiger partial charge in [-0.15, -0.1) is 0 Å². The van der Waals surface area contributed by atoms with Crippen LogP contribution in [0.5, 0.6) is 11.5 Å². The average molecular weight is 520 g/mol. The highest BCUT2D eigenvalue weighted by molar-refractivity contribution is 5.99. The third-order valence-electron chi connectivity index (χ3n) is 7.39. The molecule has 9 nitrogen and oxygen atoms in total. The van der Waals surface area contributed by atoms with Crippen molar-refractivity contribution in [2.45, 2.75) is 45.2 Å². The van der Waals surface area contributed by atoms with Gasteiger partial charge < -0.3 is 15.4 Å². The molecule has 2 aromatic heterocycles. The van der Waals surface area contributed by atoms with Gasteiger partial charge in [0.25, 0.3) is 5.91 Å². The molecule has 9 heteroatoms. The van der Waals surface area contributed by atoms with E-state index in [4.69, 9.17) is 15.6 Å². The lowest BCUT2D eigenvalue weighted by Crippen LogP contribution is -2.39. The van der Waals surface area contributed by atoms with Crippen molar-refractivity contribution < 1.29 is 9.53 Å². The molecule has 1 saturated heterocycles. The van der Waals surface area contributed by atoms with Crippen molar-refractivity contribution in [1.82, 2.24) is 24.6 Å². The Morgan fingerprint density at radius 3 is 2.72 bits per heavy atom. The number of hydrogen-bond donors (Lipinski definition) is 1. The number of nitrogen functional groups attached to an aromatic ring is 1. The van der Waals surface area contributed by atoms with Crippen molar-refractivity contribution in [2.75, 3.05) is 12.3 Å². The van der Waals surface area contributed by atoms with E-state index in [1.165, 1.54) is 6.33 Å². The van der Waals surface area contributed by atoms with Crippen LogP contribution in [-0.2, 0) is 11.3 Å². The van der Waals surface area contributed by atoms with Gasteiger partial charge in [-0.2, -0.15) is 10.4 Å². The first kappa shape index (κ1) is 24.6. The van der Waals surface area contributed by atoms with Crippen molar-refractivity contribution in [2.24, 2.45) is 5.92 Å². The van der Waals surface area contributed by atoms with Gasteiger partial charge in [-0.25, -0.2) is 14.6 Å². The quantitative estimate of drug-likeness (QED) is 0.268. The number of allylic oxidation sites excluding steroid dienone is 1. The number of para-hydroxylation sites is 1. The van der Waals surface area contributed by atoms with Gasteiger partial charge in [0, 0.05) is 12.1 Å². The molecule has 6 rings (SSSR count).